The molecule has 3 aromatic rings. The Bertz CT molecular complexity index is 951. The van der Waals surface area contributed by atoms with Gasteiger partial charge >= 0.3 is 0 Å². The van der Waals surface area contributed by atoms with Crippen LogP contribution in [0.4, 0.5) is 5.95 Å². The summed E-state index contributed by atoms with van der Waals surface area (Å²) in [6.07, 6.45) is 0.267. The van der Waals surface area contributed by atoms with Crippen LogP contribution in [-0.2, 0) is 17.0 Å². The molecule has 142 valence electrons. The standard InChI is InChI=1S/C19H24N6OS/c1-12-4-6-15(7-5-12)11-27-9-8-21-17(26)10-16-13(2)22-19-23-18(20)24-25(19)14(16)3/h4-7H,8-11H2,1-3H3,(H2,20,24)(H,21,26). The fourth-order valence-electron chi connectivity index (χ4n) is 2.84. The number of nitrogens with two attached hydrogens (primary N) is 1. The van der Waals surface area contributed by atoms with Crippen molar-refractivity contribution in [2.45, 2.75) is 32.9 Å². The van der Waals surface area contributed by atoms with E-state index in [2.05, 4.69) is 51.6 Å². The largest absolute Gasteiger partial charge is 0.366 e. The Labute approximate surface area is 162 Å². The molecule has 0 aliphatic heterocycles. The number of rotatable bonds is 7. The number of hydrogen-bond acceptors (Lipinski definition) is 6. The van der Waals surface area contributed by atoms with Crippen molar-refractivity contribution in [3.63, 3.8) is 0 Å². The Morgan fingerprint density at radius 2 is 1.93 bits per heavy atom. The Kier molecular flexibility index (Phi) is 5.95. The van der Waals surface area contributed by atoms with Gasteiger partial charge in [0.05, 0.1) is 6.42 Å². The Balaban J connectivity index is 1.49. The molecule has 0 saturated heterocycles. The lowest BCUT2D eigenvalue weighted by Gasteiger charge is -2.10. The number of anilines is 1. The van der Waals surface area contributed by atoms with Crippen LogP contribution in [0.1, 0.15) is 28.1 Å². The second-order valence-electron chi connectivity index (χ2n) is 6.51. The highest BCUT2D eigenvalue weighted by Crippen LogP contribution is 2.15. The third-order valence-corrected chi connectivity index (χ3v) is 5.39. The SMILES string of the molecule is Cc1ccc(CSCCNC(=O)Cc2c(C)nc3nc(N)nn3c2C)cc1. The first-order valence-corrected chi connectivity index (χ1v) is 9.98. The van der Waals surface area contributed by atoms with Gasteiger partial charge in [0.15, 0.2) is 0 Å². The lowest BCUT2D eigenvalue weighted by molar-refractivity contribution is -0.120. The number of nitrogen functional groups attached to an aromatic ring is 1. The maximum absolute atomic E-state index is 12.3. The number of carbonyl (C=O) groups excluding carboxylic acids is 1. The minimum absolute atomic E-state index is 0.0219. The molecule has 0 aliphatic carbocycles. The van der Waals surface area contributed by atoms with E-state index in [1.165, 1.54) is 11.1 Å². The molecule has 0 fully saturated rings. The summed E-state index contributed by atoms with van der Waals surface area (Å²) in [5.41, 5.74) is 10.7. The van der Waals surface area contributed by atoms with Crippen LogP contribution in [-0.4, -0.2) is 37.8 Å². The fourth-order valence-corrected chi connectivity index (χ4v) is 3.66. The van der Waals surface area contributed by atoms with Crippen LogP contribution in [0.15, 0.2) is 24.3 Å². The first kappa shape index (κ1) is 19.2. The van der Waals surface area contributed by atoms with E-state index >= 15 is 0 Å². The van der Waals surface area contributed by atoms with Gasteiger partial charge in [0, 0.05) is 35.0 Å². The summed E-state index contributed by atoms with van der Waals surface area (Å²) in [4.78, 5) is 20.8. The van der Waals surface area contributed by atoms with Gasteiger partial charge < -0.3 is 11.1 Å². The average molecular weight is 385 g/mol. The van der Waals surface area contributed by atoms with Crippen molar-refractivity contribution < 1.29 is 4.79 Å². The smallest absolute Gasteiger partial charge is 0.254 e. The summed E-state index contributed by atoms with van der Waals surface area (Å²) < 4.78 is 1.59. The van der Waals surface area contributed by atoms with Crippen molar-refractivity contribution in [1.29, 1.82) is 0 Å². The molecule has 2 heterocycles. The summed E-state index contributed by atoms with van der Waals surface area (Å²) in [7, 11) is 0. The fraction of sp³-hybridized carbons (Fsp3) is 0.368. The number of carbonyl (C=O) groups is 1. The molecule has 3 N–H and O–H groups in total. The number of thioether (sulfide) groups is 1. The van der Waals surface area contributed by atoms with E-state index in [-0.39, 0.29) is 18.3 Å². The lowest BCUT2D eigenvalue weighted by Crippen LogP contribution is -2.28. The monoisotopic (exact) mass is 384 g/mol. The molecule has 0 spiro atoms. The summed E-state index contributed by atoms with van der Waals surface area (Å²) in [6.45, 7) is 6.49. The average Bonchev–Trinajstić information content (AvgIpc) is 3.00. The number of amides is 1. The van der Waals surface area contributed by atoms with E-state index in [1.807, 2.05) is 25.6 Å². The van der Waals surface area contributed by atoms with Crippen LogP contribution in [0, 0.1) is 20.8 Å². The highest BCUT2D eigenvalue weighted by Gasteiger charge is 2.15. The molecule has 27 heavy (non-hydrogen) atoms. The van der Waals surface area contributed by atoms with Crippen molar-refractivity contribution in [3.05, 3.63) is 52.3 Å². The van der Waals surface area contributed by atoms with Gasteiger partial charge in [-0.2, -0.15) is 21.3 Å². The van der Waals surface area contributed by atoms with Gasteiger partial charge in [0.25, 0.3) is 5.78 Å². The molecule has 0 atom stereocenters. The van der Waals surface area contributed by atoms with E-state index < -0.39 is 0 Å². The predicted molar refractivity (Wildman–Crippen MR) is 109 cm³/mol. The lowest BCUT2D eigenvalue weighted by atomic mass is 10.1. The van der Waals surface area contributed by atoms with Crippen LogP contribution in [0.3, 0.4) is 0 Å². The minimum atomic E-state index is -0.0219. The normalized spacial score (nSPS) is 11.1. The third kappa shape index (κ3) is 4.77. The molecule has 0 bridgehead atoms. The van der Waals surface area contributed by atoms with Crippen LogP contribution >= 0.6 is 11.8 Å². The van der Waals surface area contributed by atoms with E-state index in [4.69, 9.17) is 5.73 Å². The topological polar surface area (TPSA) is 98.2 Å². The van der Waals surface area contributed by atoms with Crippen LogP contribution in [0.5, 0.6) is 0 Å². The maximum atomic E-state index is 12.3. The number of hydrogen-bond donors (Lipinski definition) is 2. The second kappa shape index (κ2) is 8.39. The zero-order valence-electron chi connectivity index (χ0n) is 15.8. The highest BCUT2D eigenvalue weighted by atomic mass is 32.2. The van der Waals surface area contributed by atoms with Crippen molar-refractivity contribution in [1.82, 2.24) is 24.9 Å². The van der Waals surface area contributed by atoms with Crippen molar-refractivity contribution in [2.24, 2.45) is 0 Å². The minimum Gasteiger partial charge on any atom is -0.366 e. The van der Waals surface area contributed by atoms with Gasteiger partial charge in [-0.1, -0.05) is 29.8 Å². The molecule has 2 aromatic heterocycles. The summed E-state index contributed by atoms with van der Waals surface area (Å²) in [5.74, 6) is 2.43. The van der Waals surface area contributed by atoms with Crippen molar-refractivity contribution in [2.75, 3.05) is 18.0 Å². The number of aryl methyl sites for hydroxylation is 3. The van der Waals surface area contributed by atoms with Gasteiger partial charge in [-0.3, -0.25) is 4.79 Å². The van der Waals surface area contributed by atoms with Crippen LogP contribution in [0.2, 0.25) is 0 Å². The Morgan fingerprint density at radius 1 is 1.19 bits per heavy atom. The summed E-state index contributed by atoms with van der Waals surface area (Å²) in [6, 6.07) is 8.53. The molecule has 0 aliphatic rings. The molecule has 1 amide bonds. The summed E-state index contributed by atoms with van der Waals surface area (Å²) >= 11 is 1.81. The molecule has 0 radical (unpaired) electrons. The zero-order chi connectivity index (χ0) is 19.4. The third-order valence-electron chi connectivity index (χ3n) is 4.36. The van der Waals surface area contributed by atoms with Crippen molar-refractivity contribution >= 4 is 29.4 Å². The molecular formula is C19H24N6OS. The second-order valence-corrected chi connectivity index (χ2v) is 7.61. The molecule has 3 rings (SSSR count). The molecule has 1 aromatic carbocycles. The molecule has 7 nitrogen and oxygen atoms in total. The highest BCUT2D eigenvalue weighted by molar-refractivity contribution is 7.98. The van der Waals surface area contributed by atoms with Crippen LogP contribution in [0.25, 0.3) is 5.78 Å². The molecule has 8 heteroatoms. The van der Waals surface area contributed by atoms with E-state index in [9.17, 15) is 4.79 Å². The van der Waals surface area contributed by atoms with Gasteiger partial charge in [-0.25, -0.2) is 4.98 Å². The van der Waals surface area contributed by atoms with Gasteiger partial charge in [-0.15, -0.1) is 5.10 Å². The number of benzene rings is 1. The number of aromatic nitrogens is 4. The zero-order valence-corrected chi connectivity index (χ0v) is 16.6. The predicted octanol–water partition coefficient (Wildman–Crippen LogP) is 2.22. The molecular weight excluding hydrogens is 360 g/mol. The van der Waals surface area contributed by atoms with Crippen LogP contribution < -0.4 is 11.1 Å². The van der Waals surface area contributed by atoms with E-state index in [0.29, 0.717) is 12.3 Å². The number of nitrogens with one attached hydrogen (secondary N) is 1. The maximum Gasteiger partial charge on any atom is 0.254 e. The quantitative estimate of drug-likeness (QED) is 0.606. The van der Waals surface area contributed by atoms with E-state index in [0.717, 1.165) is 28.5 Å². The Morgan fingerprint density at radius 3 is 2.67 bits per heavy atom. The molecule has 0 unspecified atom stereocenters. The molecule has 0 saturated carbocycles. The van der Waals surface area contributed by atoms with E-state index in [1.54, 1.807) is 4.52 Å². The number of fused-ring (bicyclic) bond motifs is 1. The Hall–Kier alpha value is -2.61. The summed E-state index contributed by atoms with van der Waals surface area (Å²) in [5, 5.41) is 7.10. The van der Waals surface area contributed by atoms with Crippen molar-refractivity contribution in [3.8, 4) is 0 Å². The van der Waals surface area contributed by atoms with Gasteiger partial charge in [0.2, 0.25) is 11.9 Å². The number of nitrogens with zero attached hydrogens (tertiary/aromatic N) is 4. The van der Waals surface area contributed by atoms with Gasteiger partial charge in [-0.05, 0) is 26.3 Å². The first-order chi connectivity index (χ1) is 12.9. The van der Waals surface area contributed by atoms with Gasteiger partial charge in [0.1, 0.15) is 0 Å². The first-order valence-electron chi connectivity index (χ1n) is 8.82.